The number of fused-ring (bicyclic) bond motifs is 3. The molecule has 3 N–H and O–H groups in total. The first-order chi connectivity index (χ1) is 16.9. The summed E-state index contributed by atoms with van der Waals surface area (Å²) in [6.45, 7) is -1.30. The van der Waals surface area contributed by atoms with Gasteiger partial charge >= 0.3 is 12.1 Å². The van der Waals surface area contributed by atoms with E-state index in [9.17, 15) is 18.8 Å². The summed E-state index contributed by atoms with van der Waals surface area (Å²) in [4.78, 5) is 37.0. The van der Waals surface area contributed by atoms with Crippen LogP contribution in [0.3, 0.4) is 0 Å². The fourth-order valence-electron chi connectivity index (χ4n) is 4.26. The van der Waals surface area contributed by atoms with Crippen molar-refractivity contribution in [3.05, 3.63) is 89.2 Å². The lowest BCUT2D eigenvalue weighted by atomic mass is 9.98. The van der Waals surface area contributed by atoms with Gasteiger partial charge in [0.05, 0.1) is 6.61 Å². The molecule has 3 aromatic carbocycles. The maximum atomic E-state index is 14.2. The van der Waals surface area contributed by atoms with Crippen molar-refractivity contribution in [3.8, 4) is 11.1 Å². The standard InChI is InChI=1S/C26H23FN2O6/c27-17-11-16(25(33)29(9-10-30)14-24(31)32)12-18(13-17)28-26(34)35-15-23-21-7-3-1-5-19(21)20-6-2-4-8-22(20)23/h1-8,11-13,23,30H,9-10,14-15H2,(H,28,34)(H,31,32). The Labute approximate surface area is 200 Å². The highest BCUT2D eigenvalue weighted by molar-refractivity contribution is 5.97. The summed E-state index contributed by atoms with van der Waals surface area (Å²) < 4.78 is 19.6. The molecule has 0 heterocycles. The highest BCUT2D eigenvalue weighted by atomic mass is 19.1. The Morgan fingerprint density at radius 3 is 2.20 bits per heavy atom. The predicted octanol–water partition coefficient (Wildman–Crippen LogP) is 3.71. The van der Waals surface area contributed by atoms with Crippen LogP contribution in [0, 0.1) is 5.82 Å². The van der Waals surface area contributed by atoms with Gasteiger partial charge in [-0.3, -0.25) is 14.9 Å². The monoisotopic (exact) mass is 478 g/mol. The van der Waals surface area contributed by atoms with E-state index < -0.39 is 36.9 Å². The van der Waals surface area contributed by atoms with Gasteiger partial charge in [0, 0.05) is 23.7 Å². The summed E-state index contributed by atoms with van der Waals surface area (Å²) in [7, 11) is 0. The number of carbonyl (C=O) groups excluding carboxylic acids is 2. The van der Waals surface area contributed by atoms with Crippen LogP contribution >= 0.6 is 0 Å². The molecule has 0 spiro atoms. The Kier molecular flexibility index (Phi) is 7.07. The van der Waals surface area contributed by atoms with Gasteiger partial charge < -0.3 is 19.8 Å². The molecule has 0 bridgehead atoms. The number of hydrogen-bond acceptors (Lipinski definition) is 5. The molecule has 2 amide bonds. The number of nitrogens with one attached hydrogen (secondary N) is 1. The zero-order valence-electron chi connectivity index (χ0n) is 18.6. The van der Waals surface area contributed by atoms with Crippen LogP contribution in [-0.2, 0) is 9.53 Å². The van der Waals surface area contributed by atoms with Gasteiger partial charge in [0.15, 0.2) is 0 Å². The largest absolute Gasteiger partial charge is 0.480 e. The van der Waals surface area contributed by atoms with Crippen LogP contribution < -0.4 is 5.32 Å². The van der Waals surface area contributed by atoms with Crippen LogP contribution in [0.5, 0.6) is 0 Å². The second kappa shape index (κ2) is 10.4. The minimum Gasteiger partial charge on any atom is -0.480 e. The van der Waals surface area contributed by atoms with Crippen LogP contribution in [0.1, 0.15) is 27.4 Å². The number of nitrogens with zero attached hydrogens (tertiary/aromatic N) is 1. The van der Waals surface area contributed by atoms with Crippen LogP contribution in [-0.4, -0.2) is 59.4 Å². The van der Waals surface area contributed by atoms with Crippen molar-refractivity contribution in [2.45, 2.75) is 5.92 Å². The van der Waals surface area contributed by atoms with E-state index in [1.807, 2.05) is 48.5 Å². The number of aliphatic hydroxyl groups excluding tert-OH is 1. The summed E-state index contributed by atoms with van der Waals surface area (Å²) in [6.07, 6.45) is -0.825. The van der Waals surface area contributed by atoms with Gasteiger partial charge in [-0.2, -0.15) is 0 Å². The van der Waals surface area contributed by atoms with Gasteiger partial charge in [0.1, 0.15) is 19.0 Å². The Hall–Kier alpha value is -4.24. The van der Waals surface area contributed by atoms with Crippen LogP contribution in [0.2, 0.25) is 0 Å². The van der Waals surface area contributed by atoms with Gasteiger partial charge in [0.25, 0.3) is 5.91 Å². The number of carboxylic acids is 1. The van der Waals surface area contributed by atoms with Crippen LogP contribution in [0.25, 0.3) is 11.1 Å². The summed E-state index contributed by atoms with van der Waals surface area (Å²) in [5, 5.41) is 20.5. The second-order valence-corrected chi connectivity index (χ2v) is 8.02. The molecule has 0 unspecified atom stereocenters. The van der Waals surface area contributed by atoms with Gasteiger partial charge in [0.2, 0.25) is 0 Å². The lowest BCUT2D eigenvalue weighted by Gasteiger charge is -2.20. The number of aliphatic hydroxyl groups is 1. The average Bonchev–Trinajstić information content (AvgIpc) is 3.15. The lowest BCUT2D eigenvalue weighted by Crippen LogP contribution is -2.37. The Morgan fingerprint density at radius 1 is 0.971 bits per heavy atom. The summed E-state index contributed by atoms with van der Waals surface area (Å²) >= 11 is 0. The molecule has 0 aliphatic heterocycles. The summed E-state index contributed by atoms with van der Waals surface area (Å²) in [5.74, 6) is -3.03. The quantitative estimate of drug-likeness (QED) is 0.455. The van der Waals surface area contributed by atoms with E-state index in [4.69, 9.17) is 14.9 Å². The number of ether oxygens (including phenoxy) is 1. The van der Waals surface area contributed by atoms with E-state index in [-0.39, 0.29) is 30.3 Å². The van der Waals surface area contributed by atoms with E-state index in [1.165, 1.54) is 6.07 Å². The molecule has 9 heteroatoms. The first kappa shape index (κ1) is 23.9. The number of halogens is 1. The number of carboxylic acid groups (broad SMARTS) is 1. The number of rotatable bonds is 8. The molecule has 1 aliphatic carbocycles. The minimum absolute atomic E-state index is 0.0233. The number of anilines is 1. The summed E-state index contributed by atoms with van der Waals surface area (Å²) in [6, 6.07) is 18.9. The van der Waals surface area contributed by atoms with Crippen molar-refractivity contribution >= 4 is 23.7 Å². The maximum Gasteiger partial charge on any atom is 0.411 e. The van der Waals surface area contributed by atoms with Crippen LogP contribution in [0.15, 0.2) is 66.7 Å². The fraction of sp³-hybridized carbons (Fsp3) is 0.192. The number of carbonyl (C=O) groups is 3. The van der Waals surface area contributed by atoms with Crippen molar-refractivity contribution < 1.29 is 33.7 Å². The molecule has 0 atom stereocenters. The molecule has 180 valence electrons. The maximum absolute atomic E-state index is 14.2. The van der Waals surface area contributed by atoms with Crippen molar-refractivity contribution in [2.24, 2.45) is 0 Å². The van der Waals surface area contributed by atoms with E-state index in [0.29, 0.717) is 0 Å². The average molecular weight is 478 g/mol. The van der Waals surface area contributed by atoms with Gasteiger partial charge in [-0.05, 0) is 40.5 Å². The van der Waals surface area contributed by atoms with Crippen molar-refractivity contribution in [2.75, 3.05) is 31.6 Å². The normalized spacial score (nSPS) is 11.9. The molecule has 0 radical (unpaired) electrons. The van der Waals surface area contributed by atoms with Gasteiger partial charge in [-0.15, -0.1) is 0 Å². The third-order valence-electron chi connectivity index (χ3n) is 5.72. The van der Waals surface area contributed by atoms with Gasteiger partial charge in [-0.1, -0.05) is 48.5 Å². The van der Waals surface area contributed by atoms with E-state index >= 15 is 0 Å². The van der Waals surface area contributed by atoms with E-state index in [2.05, 4.69) is 5.32 Å². The third kappa shape index (κ3) is 5.30. The summed E-state index contributed by atoms with van der Waals surface area (Å²) in [5.41, 5.74) is 4.06. The molecule has 0 saturated carbocycles. The van der Waals surface area contributed by atoms with E-state index in [1.54, 1.807) is 0 Å². The fourth-order valence-corrected chi connectivity index (χ4v) is 4.26. The Balaban J connectivity index is 1.46. The highest BCUT2D eigenvalue weighted by Gasteiger charge is 2.29. The molecule has 0 fully saturated rings. The molecule has 3 aromatic rings. The highest BCUT2D eigenvalue weighted by Crippen LogP contribution is 2.44. The molecule has 4 rings (SSSR count). The predicted molar refractivity (Wildman–Crippen MR) is 126 cm³/mol. The molecule has 0 aromatic heterocycles. The topological polar surface area (TPSA) is 116 Å². The Morgan fingerprint density at radius 2 is 1.60 bits per heavy atom. The van der Waals surface area contributed by atoms with Crippen molar-refractivity contribution in [1.82, 2.24) is 4.90 Å². The number of benzene rings is 3. The van der Waals surface area contributed by atoms with E-state index in [0.717, 1.165) is 39.3 Å². The lowest BCUT2D eigenvalue weighted by molar-refractivity contribution is -0.137. The number of hydrogen-bond donors (Lipinski definition) is 3. The second-order valence-electron chi connectivity index (χ2n) is 8.02. The molecule has 35 heavy (non-hydrogen) atoms. The molecular weight excluding hydrogens is 455 g/mol. The smallest absolute Gasteiger partial charge is 0.411 e. The molecule has 1 aliphatic rings. The third-order valence-corrected chi connectivity index (χ3v) is 5.72. The van der Waals surface area contributed by atoms with Crippen molar-refractivity contribution in [1.29, 1.82) is 0 Å². The number of aliphatic carboxylic acids is 1. The number of amides is 2. The Bertz CT molecular complexity index is 1230. The minimum atomic E-state index is -1.28. The molecule has 0 saturated heterocycles. The molecular formula is C26H23FN2O6. The zero-order valence-corrected chi connectivity index (χ0v) is 18.6. The van der Waals surface area contributed by atoms with Gasteiger partial charge in [-0.25, -0.2) is 9.18 Å². The first-order valence-electron chi connectivity index (χ1n) is 10.9. The first-order valence-corrected chi connectivity index (χ1v) is 10.9. The SMILES string of the molecule is O=C(O)CN(CCO)C(=O)c1cc(F)cc(NC(=O)OCC2c3ccccc3-c3ccccc32)c1. The van der Waals surface area contributed by atoms with Crippen LogP contribution in [0.4, 0.5) is 14.9 Å². The zero-order chi connectivity index (χ0) is 24.9. The molecule has 8 nitrogen and oxygen atoms in total. The van der Waals surface area contributed by atoms with Crippen molar-refractivity contribution in [3.63, 3.8) is 0 Å².